The Bertz CT molecular complexity index is 923. The zero-order valence-corrected chi connectivity index (χ0v) is 15.3. The van der Waals surface area contributed by atoms with E-state index in [0.717, 1.165) is 30.2 Å². The fraction of sp³-hybridized carbons (Fsp3) is 0.238. The smallest absolute Gasteiger partial charge is 0.241 e. The van der Waals surface area contributed by atoms with Crippen LogP contribution in [0.25, 0.3) is 5.69 Å². The van der Waals surface area contributed by atoms with Crippen LogP contribution in [0.4, 0.5) is 5.69 Å². The number of para-hydroxylation sites is 2. The summed E-state index contributed by atoms with van der Waals surface area (Å²) in [5.74, 6) is 0.820. The van der Waals surface area contributed by atoms with Crippen molar-refractivity contribution in [2.24, 2.45) is 0 Å². The Balaban J connectivity index is 1.45. The first-order chi connectivity index (χ1) is 13.2. The third kappa shape index (κ3) is 3.71. The Kier molecular flexibility index (Phi) is 4.89. The molecule has 2 aromatic carbocycles. The van der Waals surface area contributed by atoms with Crippen molar-refractivity contribution in [2.75, 3.05) is 31.6 Å². The zero-order valence-electron chi connectivity index (χ0n) is 15.3. The lowest BCUT2D eigenvalue weighted by atomic mass is 10.1. The maximum Gasteiger partial charge on any atom is 0.241 e. The molecule has 1 fully saturated rings. The lowest BCUT2D eigenvalue weighted by Gasteiger charge is -2.34. The molecule has 3 aromatic rings. The molecule has 0 aliphatic carbocycles. The predicted octanol–water partition coefficient (Wildman–Crippen LogP) is 2.73. The second-order valence-electron chi connectivity index (χ2n) is 6.55. The van der Waals surface area contributed by atoms with E-state index >= 15 is 0 Å². The molecule has 1 aliphatic heterocycles. The van der Waals surface area contributed by atoms with E-state index in [0.29, 0.717) is 13.1 Å². The molecule has 138 valence electrons. The molecule has 0 atom stereocenters. The average Bonchev–Trinajstić information content (AvgIpc) is 3.23. The number of hydrogen-bond donors (Lipinski definition) is 0. The largest absolute Gasteiger partial charge is 0.495 e. The van der Waals surface area contributed by atoms with Crippen LogP contribution in [0.2, 0.25) is 0 Å². The maximum atomic E-state index is 12.7. The molecule has 0 spiro atoms. The van der Waals surface area contributed by atoms with Crippen LogP contribution in [0.15, 0.2) is 67.0 Å². The standard InChI is InChI=1S/C21H22N4O2/c1-27-20-9-3-2-8-19(20)24-13-12-23(16-21(24)26)15-17-6-4-7-18(14-17)25-11-5-10-22-25/h2-11,14H,12-13,15-16H2,1H3. The Labute approximate surface area is 158 Å². The average molecular weight is 362 g/mol. The van der Waals surface area contributed by atoms with Gasteiger partial charge in [0, 0.05) is 32.0 Å². The Morgan fingerprint density at radius 2 is 1.96 bits per heavy atom. The number of methoxy groups -OCH3 is 1. The molecule has 6 heteroatoms. The van der Waals surface area contributed by atoms with Crippen LogP contribution in [0, 0.1) is 0 Å². The van der Waals surface area contributed by atoms with Crippen molar-refractivity contribution >= 4 is 11.6 Å². The second-order valence-corrected chi connectivity index (χ2v) is 6.55. The van der Waals surface area contributed by atoms with Crippen molar-refractivity contribution < 1.29 is 9.53 Å². The summed E-state index contributed by atoms with van der Waals surface area (Å²) in [5.41, 5.74) is 3.03. The number of benzene rings is 2. The summed E-state index contributed by atoms with van der Waals surface area (Å²) in [5, 5.41) is 4.28. The molecule has 2 heterocycles. The number of carbonyl (C=O) groups excluding carboxylic acids is 1. The third-order valence-electron chi connectivity index (χ3n) is 4.76. The van der Waals surface area contributed by atoms with Gasteiger partial charge in [0.15, 0.2) is 0 Å². The van der Waals surface area contributed by atoms with Crippen molar-refractivity contribution in [3.8, 4) is 11.4 Å². The van der Waals surface area contributed by atoms with Crippen molar-refractivity contribution in [1.29, 1.82) is 0 Å². The molecule has 0 saturated carbocycles. The number of aromatic nitrogens is 2. The first-order valence-electron chi connectivity index (χ1n) is 8.99. The number of amides is 1. The predicted molar refractivity (Wildman–Crippen MR) is 104 cm³/mol. The molecule has 27 heavy (non-hydrogen) atoms. The zero-order chi connectivity index (χ0) is 18.6. The van der Waals surface area contributed by atoms with Crippen LogP contribution in [-0.2, 0) is 11.3 Å². The lowest BCUT2D eigenvalue weighted by molar-refractivity contribution is -0.121. The van der Waals surface area contributed by atoms with Crippen LogP contribution in [-0.4, -0.2) is 47.3 Å². The molecule has 0 N–H and O–H groups in total. The van der Waals surface area contributed by atoms with Gasteiger partial charge in [-0.2, -0.15) is 5.10 Å². The SMILES string of the molecule is COc1ccccc1N1CCN(Cc2cccc(-n3cccn3)c2)CC1=O. The summed E-state index contributed by atoms with van der Waals surface area (Å²) in [7, 11) is 1.63. The second kappa shape index (κ2) is 7.63. The summed E-state index contributed by atoms with van der Waals surface area (Å²) in [6.45, 7) is 2.60. The van der Waals surface area contributed by atoms with Crippen molar-refractivity contribution in [1.82, 2.24) is 14.7 Å². The fourth-order valence-corrected chi connectivity index (χ4v) is 3.44. The number of hydrogen-bond acceptors (Lipinski definition) is 4. The van der Waals surface area contributed by atoms with E-state index in [9.17, 15) is 4.79 Å². The van der Waals surface area contributed by atoms with Crippen molar-refractivity contribution in [2.45, 2.75) is 6.54 Å². The molecule has 0 unspecified atom stereocenters. The van der Waals surface area contributed by atoms with Gasteiger partial charge in [-0.15, -0.1) is 0 Å². The van der Waals surface area contributed by atoms with Crippen LogP contribution in [0.3, 0.4) is 0 Å². The normalized spacial score (nSPS) is 15.1. The minimum Gasteiger partial charge on any atom is -0.495 e. The van der Waals surface area contributed by atoms with Gasteiger partial charge in [-0.05, 0) is 35.9 Å². The van der Waals surface area contributed by atoms with E-state index in [4.69, 9.17) is 4.74 Å². The first-order valence-corrected chi connectivity index (χ1v) is 8.99. The third-order valence-corrected chi connectivity index (χ3v) is 4.76. The monoisotopic (exact) mass is 362 g/mol. The van der Waals surface area contributed by atoms with Gasteiger partial charge in [0.1, 0.15) is 5.75 Å². The number of rotatable bonds is 5. The Morgan fingerprint density at radius 3 is 2.74 bits per heavy atom. The lowest BCUT2D eigenvalue weighted by Crippen LogP contribution is -2.50. The summed E-state index contributed by atoms with van der Waals surface area (Å²) in [6, 6.07) is 17.8. The fourth-order valence-electron chi connectivity index (χ4n) is 3.44. The van der Waals surface area contributed by atoms with E-state index in [1.807, 2.05) is 58.2 Å². The van der Waals surface area contributed by atoms with E-state index in [-0.39, 0.29) is 5.91 Å². The minimum absolute atomic E-state index is 0.0916. The number of ether oxygens (including phenoxy) is 1. The van der Waals surface area contributed by atoms with Crippen molar-refractivity contribution in [3.05, 3.63) is 72.6 Å². The highest BCUT2D eigenvalue weighted by molar-refractivity contribution is 5.96. The van der Waals surface area contributed by atoms with E-state index in [2.05, 4.69) is 22.1 Å². The van der Waals surface area contributed by atoms with Gasteiger partial charge < -0.3 is 9.64 Å². The van der Waals surface area contributed by atoms with Gasteiger partial charge >= 0.3 is 0 Å². The topological polar surface area (TPSA) is 50.6 Å². The molecular formula is C21H22N4O2. The highest BCUT2D eigenvalue weighted by Gasteiger charge is 2.26. The molecule has 4 rings (SSSR count). The maximum absolute atomic E-state index is 12.7. The van der Waals surface area contributed by atoms with Crippen LogP contribution < -0.4 is 9.64 Å². The molecule has 1 amide bonds. The number of nitrogens with zero attached hydrogens (tertiary/aromatic N) is 4. The van der Waals surface area contributed by atoms with Gasteiger partial charge in [0.2, 0.25) is 5.91 Å². The number of anilines is 1. The van der Waals surface area contributed by atoms with Gasteiger partial charge in [0.05, 0.1) is 25.0 Å². The molecule has 1 aromatic heterocycles. The van der Waals surface area contributed by atoms with Gasteiger partial charge in [-0.25, -0.2) is 4.68 Å². The van der Waals surface area contributed by atoms with E-state index in [1.165, 1.54) is 5.56 Å². The Morgan fingerprint density at radius 1 is 1.07 bits per heavy atom. The Hall–Kier alpha value is -3.12. The van der Waals surface area contributed by atoms with Gasteiger partial charge in [0.25, 0.3) is 0 Å². The first kappa shape index (κ1) is 17.3. The highest BCUT2D eigenvalue weighted by atomic mass is 16.5. The van der Waals surface area contributed by atoms with Crippen LogP contribution in [0.1, 0.15) is 5.56 Å². The molecule has 0 radical (unpaired) electrons. The van der Waals surface area contributed by atoms with Gasteiger partial charge in [-0.3, -0.25) is 9.69 Å². The van der Waals surface area contributed by atoms with Gasteiger partial charge in [-0.1, -0.05) is 24.3 Å². The summed E-state index contributed by atoms with van der Waals surface area (Å²) < 4.78 is 7.24. The number of piperazine rings is 1. The summed E-state index contributed by atoms with van der Waals surface area (Å²) >= 11 is 0. The van der Waals surface area contributed by atoms with Crippen LogP contribution >= 0.6 is 0 Å². The number of carbonyl (C=O) groups is 1. The quantitative estimate of drug-likeness (QED) is 0.700. The molecule has 0 bridgehead atoms. The minimum atomic E-state index is 0.0916. The van der Waals surface area contributed by atoms with E-state index < -0.39 is 0 Å². The van der Waals surface area contributed by atoms with E-state index in [1.54, 1.807) is 13.3 Å². The molecule has 6 nitrogen and oxygen atoms in total. The summed E-state index contributed by atoms with van der Waals surface area (Å²) in [6.07, 6.45) is 3.69. The van der Waals surface area contributed by atoms with Crippen molar-refractivity contribution in [3.63, 3.8) is 0 Å². The molecular weight excluding hydrogens is 340 g/mol. The van der Waals surface area contributed by atoms with Crippen LogP contribution in [0.5, 0.6) is 5.75 Å². The summed E-state index contributed by atoms with van der Waals surface area (Å²) in [4.78, 5) is 16.7. The molecule has 1 saturated heterocycles. The highest BCUT2D eigenvalue weighted by Crippen LogP contribution is 2.29. The molecule has 1 aliphatic rings.